The Labute approximate surface area is 96.0 Å². The van der Waals surface area contributed by atoms with Crippen molar-refractivity contribution in [3.63, 3.8) is 0 Å². The van der Waals surface area contributed by atoms with E-state index in [0.717, 1.165) is 13.0 Å². The van der Waals surface area contributed by atoms with Gasteiger partial charge in [0.15, 0.2) is 5.67 Å². The van der Waals surface area contributed by atoms with Gasteiger partial charge in [-0.1, -0.05) is 15.9 Å². The highest BCUT2D eigenvalue weighted by molar-refractivity contribution is 9.10. The second-order valence-electron chi connectivity index (χ2n) is 3.87. The topological polar surface area (TPSA) is 12.0 Å². The van der Waals surface area contributed by atoms with Gasteiger partial charge in [-0.05, 0) is 37.6 Å². The second-order valence-corrected chi connectivity index (χ2v) is 4.79. The fourth-order valence-corrected chi connectivity index (χ4v) is 2.30. The van der Waals surface area contributed by atoms with Crippen molar-refractivity contribution < 1.29 is 8.78 Å². The van der Waals surface area contributed by atoms with Crippen LogP contribution in [0.5, 0.6) is 0 Å². The van der Waals surface area contributed by atoms with Gasteiger partial charge in [0.2, 0.25) is 0 Å². The standard InChI is InChI=1S/C11H12BrF2N/c12-8-2-3-10(13)9(6-8)11(14)4-1-5-15-7-11/h2-3,6,15H,1,4-5,7H2. The summed E-state index contributed by atoms with van der Waals surface area (Å²) in [7, 11) is 0. The minimum Gasteiger partial charge on any atom is -0.313 e. The van der Waals surface area contributed by atoms with E-state index in [-0.39, 0.29) is 12.1 Å². The van der Waals surface area contributed by atoms with Crippen LogP contribution in [-0.2, 0) is 5.67 Å². The van der Waals surface area contributed by atoms with E-state index in [9.17, 15) is 8.78 Å². The molecule has 1 unspecified atom stereocenters. The Kier molecular flexibility index (Phi) is 3.07. The fraction of sp³-hybridized carbons (Fsp3) is 0.455. The summed E-state index contributed by atoms with van der Waals surface area (Å²) < 4.78 is 28.6. The van der Waals surface area contributed by atoms with Crippen LogP contribution in [0.2, 0.25) is 0 Å². The van der Waals surface area contributed by atoms with Gasteiger partial charge >= 0.3 is 0 Å². The number of hydrogen-bond acceptors (Lipinski definition) is 1. The normalized spacial score (nSPS) is 26.6. The van der Waals surface area contributed by atoms with Gasteiger partial charge in [0.25, 0.3) is 0 Å². The van der Waals surface area contributed by atoms with E-state index in [0.29, 0.717) is 10.9 Å². The highest BCUT2D eigenvalue weighted by Gasteiger charge is 2.36. The van der Waals surface area contributed by atoms with E-state index in [4.69, 9.17) is 0 Å². The summed E-state index contributed by atoms with van der Waals surface area (Å²) in [5.41, 5.74) is -1.41. The minimum absolute atomic E-state index is 0.157. The molecule has 0 aliphatic carbocycles. The highest BCUT2D eigenvalue weighted by atomic mass is 79.9. The van der Waals surface area contributed by atoms with Crippen LogP contribution in [0.4, 0.5) is 8.78 Å². The maximum Gasteiger partial charge on any atom is 0.151 e. The quantitative estimate of drug-likeness (QED) is 0.831. The molecule has 1 aliphatic rings. The van der Waals surface area contributed by atoms with Crippen LogP contribution in [0.1, 0.15) is 18.4 Å². The van der Waals surface area contributed by atoms with Crippen LogP contribution in [0, 0.1) is 5.82 Å². The average Bonchev–Trinajstić information content (AvgIpc) is 2.23. The largest absolute Gasteiger partial charge is 0.313 e. The molecule has 1 atom stereocenters. The number of benzene rings is 1. The zero-order chi connectivity index (χ0) is 10.9. The van der Waals surface area contributed by atoms with Gasteiger partial charge < -0.3 is 5.32 Å². The zero-order valence-electron chi connectivity index (χ0n) is 8.19. The van der Waals surface area contributed by atoms with E-state index in [1.54, 1.807) is 6.07 Å². The van der Waals surface area contributed by atoms with Crippen molar-refractivity contribution >= 4 is 15.9 Å². The van der Waals surface area contributed by atoms with Crippen molar-refractivity contribution in [1.29, 1.82) is 0 Å². The molecule has 1 aromatic rings. The summed E-state index contributed by atoms with van der Waals surface area (Å²) in [5.74, 6) is -0.468. The summed E-state index contributed by atoms with van der Waals surface area (Å²) >= 11 is 3.23. The molecule has 2 rings (SSSR count). The van der Waals surface area contributed by atoms with Crippen molar-refractivity contribution in [2.45, 2.75) is 18.5 Å². The summed E-state index contributed by atoms with van der Waals surface area (Å²) in [6, 6.07) is 4.41. The van der Waals surface area contributed by atoms with E-state index < -0.39 is 11.5 Å². The van der Waals surface area contributed by atoms with Crippen LogP contribution in [0.15, 0.2) is 22.7 Å². The molecular formula is C11H12BrF2N. The number of rotatable bonds is 1. The first kappa shape index (κ1) is 11.0. The number of halogens is 3. The van der Waals surface area contributed by atoms with E-state index in [1.165, 1.54) is 12.1 Å². The Morgan fingerprint density at radius 2 is 2.20 bits per heavy atom. The Hall–Kier alpha value is -0.480. The molecule has 0 bridgehead atoms. The molecule has 4 heteroatoms. The van der Waals surface area contributed by atoms with E-state index in [2.05, 4.69) is 21.2 Å². The lowest BCUT2D eigenvalue weighted by Crippen LogP contribution is -2.40. The van der Waals surface area contributed by atoms with Crippen LogP contribution in [-0.4, -0.2) is 13.1 Å². The summed E-state index contributed by atoms with van der Waals surface area (Å²) in [5, 5.41) is 2.96. The molecule has 1 heterocycles. The van der Waals surface area contributed by atoms with Gasteiger partial charge in [-0.2, -0.15) is 0 Å². The lowest BCUT2D eigenvalue weighted by atomic mass is 9.88. The third-order valence-electron chi connectivity index (χ3n) is 2.74. The summed E-state index contributed by atoms with van der Waals surface area (Å²) in [6.07, 6.45) is 1.12. The molecule has 82 valence electrons. The van der Waals surface area contributed by atoms with Crippen molar-refractivity contribution in [1.82, 2.24) is 5.32 Å². The van der Waals surface area contributed by atoms with Gasteiger partial charge in [0.1, 0.15) is 5.82 Å². The Morgan fingerprint density at radius 3 is 2.87 bits per heavy atom. The third kappa shape index (κ3) is 2.21. The number of alkyl halides is 1. The van der Waals surface area contributed by atoms with Crippen molar-refractivity contribution in [2.24, 2.45) is 0 Å². The first-order valence-electron chi connectivity index (χ1n) is 4.97. The molecule has 0 radical (unpaired) electrons. The van der Waals surface area contributed by atoms with E-state index in [1.807, 2.05) is 0 Å². The maximum atomic E-state index is 14.4. The maximum absolute atomic E-state index is 14.4. The molecule has 1 N–H and O–H groups in total. The number of nitrogens with one attached hydrogen (secondary N) is 1. The van der Waals surface area contributed by atoms with Crippen LogP contribution in [0.3, 0.4) is 0 Å². The SMILES string of the molecule is Fc1ccc(Br)cc1C1(F)CCCNC1. The highest BCUT2D eigenvalue weighted by Crippen LogP contribution is 2.35. The van der Waals surface area contributed by atoms with Crippen molar-refractivity contribution in [3.05, 3.63) is 34.1 Å². The Bertz CT molecular complexity index is 362. The summed E-state index contributed by atoms with van der Waals surface area (Å²) in [6.45, 7) is 1.00. The molecule has 1 aromatic carbocycles. The predicted molar refractivity (Wildman–Crippen MR) is 59.0 cm³/mol. The molecule has 1 saturated heterocycles. The second kappa shape index (κ2) is 4.18. The average molecular weight is 276 g/mol. The molecule has 0 aromatic heterocycles. The first-order valence-corrected chi connectivity index (χ1v) is 5.76. The van der Waals surface area contributed by atoms with Crippen LogP contribution in [0.25, 0.3) is 0 Å². The Morgan fingerprint density at radius 1 is 1.40 bits per heavy atom. The fourth-order valence-electron chi connectivity index (χ4n) is 1.94. The monoisotopic (exact) mass is 275 g/mol. The Balaban J connectivity index is 2.38. The van der Waals surface area contributed by atoms with E-state index >= 15 is 0 Å². The molecule has 0 spiro atoms. The molecule has 0 saturated carbocycles. The zero-order valence-corrected chi connectivity index (χ0v) is 9.78. The van der Waals surface area contributed by atoms with Gasteiger partial charge in [-0.3, -0.25) is 0 Å². The molecule has 1 nitrogen and oxygen atoms in total. The minimum atomic E-state index is -1.56. The summed E-state index contributed by atoms with van der Waals surface area (Å²) in [4.78, 5) is 0. The number of piperidine rings is 1. The molecule has 1 fully saturated rings. The van der Waals surface area contributed by atoms with Crippen LogP contribution >= 0.6 is 15.9 Å². The predicted octanol–water partition coefficient (Wildman–Crippen LogP) is 3.14. The molecule has 0 amide bonds. The van der Waals surface area contributed by atoms with Crippen LogP contribution < -0.4 is 5.32 Å². The molecule has 15 heavy (non-hydrogen) atoms. The van der Waals surface area contributed by atoms with Gasteiger partial charge in [-0.15, -0.1) is 0 Å². The van der Waals surface area contributed by atoms with Gasteiger partial charge in [0.05, 0.1) is 0 Å². The smallest absolute Gasteiger partial charge is 0.151 e. The van der Waals surface area contributed by atoms with Gasteiger partial charge in [-0.25, -0.2) is 8.78 Å². The number of hydrogen-bond donors (Lipinski definition) is 1. The van der Waals surface area contributed by atoms with Crippen molar-refractivity contribution in [3.8, 4) is 0 Å². The van der Waals surface area contributed by atoms with Crippen molar-refractivity contribution in [2.75, 3.05) is 13.1 Å². The lowest BCUT2D eigenvalue weighted by Gasteiger charge is -2.30. The van der Waals surface area contributed by atoms with Gasteiger partial charge in [0, 0.05) is 16.6 Å². The third-order valence-corrected chi connectivity index (χ3v) is 3.24. The molecule has 1 aliphatic heterocycles. The first-order chi connectivity index (χ1) is 7.12. The molecular weight excluding hydrogens is 264 g/mol. The lowest BCUT2D eigenvalue weighted by molar-refractivity contribution is 0.117.